The Morgan fingerprint density at radius 3 is 2.55 bits per heavy atom. The molecule has 0 bridgehead atoms. The average molecular weight is 614 g/mol. The minimum Gasteiger partial charge on any atom is -0.325 e. The number of nitrogens with zero attached hydrogens (tertiary/aromatic N) is 6. The smallest absolute Gasteiger partial charge is 0.135 e. The first-order chi connectivity index (χ1) is 21.3. The quantitative estimate of drug-likeness (QED) is 0.105. The summed E-state index contributed by atoms with van der Waals surface area (Å²) in [5.74, 6) is 2.81. The van der Waals surface area contributed by atoms with E-state index in [0.717, 1.165) is 65.3 Å². The third kappa shape index (κ3) is 8.97. The summed E-state index contributed by atoms with van der Waals surface area (Å²) in [7, 11) is 0.891. The number of nitrogens with two attached hydrogens (primary N) is 1. The van der Waals surface area contributed by atoms with Crippen molar-refractivity contribution in [1.29, 1.82) is 0 Å². The molecular formula is C36H52N7P. The molecule has 3 heterocycles. The lowest BCUT2D eigenvalue weighted by molar-refractivity contribution is 0.221. The van der Waals surface area contributed by atoms with E-state index >= 15 is 0 Å². The highest BCUT2D eigenvalue weighted by molar-refractivity contribution is 7.41. The summed E-state index contributed by atoms with van der Waals surface area (Å²) in [6.45, 7) is 19.0. The number of hydrogen-bond donors (Lipinski definition) is 1. The Morgan fingerprint density at radius 2 is 1.86 bits per heavy atom. The van der Waals surface area contributed by atoms with E-state index < -0.39 is 0 Å². The van der Waals surface area contributed by atoms with Crippen LogP contribution in [-0.2, 0) is 19.5 Å². The Bertz CT molecular complexity index is 1430. The monoisotopic (exact) mass is 613 g/mol. The van der Waals surface area contributed by atoms with E-state index in [1.54, 1.807) is 0 Å². The molecule has 44 heavy (non-hydrogen) atoms. The number of benzene rings is 1. The fourth-order valence-corrected chi connectivity index (χ4v) is 7.21. The number of fused-ring (bicyclic) bond motifs is 1. The predicted molar refractivity (Wildman–Crippen MR) is 191 cm³/mol. The van der Waals surface area contributed by atoms with Crippen LogP contribution >= 0.6 is 8.58 Å². The zero-order chi connectivity index (χ0) is 31.5. The highest BCUT2D eigenvalue weighted by Gasteiger charge is 2.27. The van der Waals surface area contributed by atoms with Crippen LogP contribution in [0.4, 0.5) is 0 Å². The van der Waals surface area contributed by atoms with Crippen molar-refractivity contribution in [3.63, 3.8) is 0 Å². The van der Waals surface area contributed by atoms with Crippen LogP contribution in [0.1, 0.15) is 93.6 Å². The number of aromatic nitrogens is 3. The molecule has 0 radical (unpaired) electrons. The molecule has 1 atom stereocenters. The summed E-state index contributed by atoms with van der Waals surface area (Å²) in [5.41, 5.74) is 15.0. The number of aliphatic imine (C=N–C) groups is 1. The molecule has 7 nitrogen and oxygen atoms in total. The van der Waals surface area contributed by atoms with Gasteiger partial charge in [0.1, 0.15) is 6.34 Å². The lowest BCUT2D eigenvalue weighted by Gasteiger charge is -2.32. The van der Waals surface area contributed by atoms with Crippen LogP contribution < -0.4 is 5.73 Å². The SMILES string of the molecule is C=N/C=N\n1c(C2CCN(CCP/C=C/C(C)(C)C)CC2)cc(C2=Cc3nn(Cc4ccccc4)cc3CC2)c1CN.CC. The van der Waals surface area contributed by atoms with Crippen molar-refractivity contribution in [2.24, 2.45) is 21.2 Å². The number of allylic oxidation sites excluding steroid dienone is 2. The first kappa shape index (κ1) is 33.8. The zero-order valence-electron chi connectivity index (χ0n) is 27.5. The Morgan fingerprint density at radius 1 is 1.11 bits per heavy atom. The van der Waals surface area contributed by atoms with E-state index in [2.05, 4.69) is 103 Å². The van der Waals surface area contributed by atoms with Gasteiger partial charge in [-0.2, -0.15) is 10.2 Å². The van der Waals surface area contributed by atoms with Gasteiger partial charge in [0.2, 0.25) is 0 Å². The van der Waals surface area contributed by atoms with Crippen molar-refractivity contribution < 1.29 is 0 Å². The maximum absolute atomic E-state index is 6.38. The van der Waals surface area contributed by atoms with Gasteiger partial charge in [-0.25, -0.2) is 4.68 Å². The standard InChI is InChI=1S/C34H46N7P.C2H6/c1-34(2,3)14-18-42-19-17-39-15-12-27(13-16-39)32-21-30(33(22-35)41(32)37-25-36-4)28-10-11-29-24-40(38-31(29)20-28)23-26-8-6-5-7-9-26;1-2/h5-9,14,18,20-21,24-25,27,42H,4,10-13,15-17,19,22-23,35H2,1-3H3;1-2H3/b18-14+,37-25-;. The van der Waals surface area contributed by atoms with E-state index in [9.17, 15) is 0 Å². The molecule has 0 saturated carbocycles. The summed E-state index contributed by atoms with van der Waals surface area (Å²) in [6.07, 6.45) is 13.8. The molecule has 0 spiro atoms. The van der Waals surface area contributed by atoms with Gasteiger partial charge in [0, 0.05) is 36.5 Å². The Kier molecular flexibility index (Phi) is 12.5. The molecule has 5 rings (SSSR count). The van der Waals surface area contributed by atoms with Crippen molar-refractivity contribution >= 4 is 33.3 Å². The topological polar surface area (TPSA) is 76.7 Å². The van der Waals surface area contributed by atoms with Gasteiger partial charge < -0.3 is 10.6 Å². The summed E-state index contributed by atoms with van der Waals surface area (Å²) < 4.78 is 4.11. The maximum Gasteiger partial charge on any atom is 0.135 e. The molecule has 8 heteroatoms. The van der Waals surface area contributed by atoms with Gasteiger partial charge in [-0.1, -0.05) is 85.4 Å². The van der Waals surface area contributed by atoms with Crippen LogP contribution in [0.2, 0.25) is 0 Å². The van der Waals surface area contributed by atoms with Crippen LogP contribution in [0.3, 0.4) is 0 Å². The molecule has 1 aliphatic carbocycles. The molecule has 2 aliphatic rings. The van der Waals surface area contributed by atoms with Crippen molar-refractivity contribution in [2.45, 2.75) is 79.3 Å². The third-order valence-corrected chi connectivity index (χ3v) is 9.12. The van der Waals surface area contributed by atoms with E-state index in [1.165, 1.54) is 47.0 Å². The molecule has 3 aromatic rings. The predicted octanol–water partition coefficient (Wildman–Crippen LogP) is 7.61. The van der Waals surface area contributed by atoms with E-state index in [4.69, 9.17) is 15.9 Å². The Hall–Kier alpha value is -3.12. The van der Waals surface area contributed by atoms with Crippen LogP contribution in [0.25, 0.3) is 11.6 Å². The minimum atomic E-state index is 0.269. The van der Waals surface area contributed by atoms with Crippen LogP contribution in [0, 0.1) is 5.41 Å². The van der Waals surface area contributed by atoms with Crippen LogP contribution in [-0.4, -0.2) is 58.2 Å². The number of hydrogen-bond acceptors (Lipinski definition) is 4. The van der Waals surface area contributed by atoms with Crippen molar-refractivity contribution in [2.75, 3.05) is 25.8 Å². The van der Waals surface area contributed by atoms with Gasteiger partial charge >= 0.3 is 0 Å². The highest BCUT2D eigenvalue weighted by Crippen LogP contribution is 2.37. The van der Waals surface area contributed by atoms with E-state index in [1.807, 2.05) is 18.5 Å². The molecule has 1 aromatic carbocycles. The molecule has 1 aliphatic heterocycles. The van der Waals surface area contributed by atoms with Crippen molar-refractivity contribution in [1.82, 2.24) is 19.4 Å². The second-order valence-corrected chi connectivity index (χ2v) is 13.8. The number of rotatable bonds is 11. The summed E-state index contributed by atoms with van der Waals surface area (Å²) in [4.78, 5) is 6.54. The Balaban J connectivity index is 0.00000216. The van der Waals surface area contributed by atoms with Crippen molar-refractivity contribution in [3.05, 3.63) is 88.3 Å². The summed E-state index contributed by atoms with van der Waals surface area (Å²) in [5, 5.41) is 9.65. The lowest BCUT2D eigenvalue weighted by atomic mass is 9.90. The second kappa shape index (κ2) is 16.3. The van der Waals surface area contributed by atoms with E-state index in [0.29, 0.717) is 12.5 Å². The highest BCUT2D eigenvalue weighted by atomic mass is 31.1. The molecule has 2 N–H and O–H groups in total. The molecule has 2 aromatic heterocycles. The second-order valence-electron chi connectivity index (χ2n) is 12.5. The molecule has 1 saturated heterocycles. The van der Waals surface area contributed by atoms with Gasteiger partial charge in [0.05, 0.1) is 17.9 Å². The number of piperidine rings is 1. The van der Waals surface area contributed by atoms with Gasteiger partial charge in [0.15, 0.2) is 0 Å². The third-order valence-electron chi connectivity index (χ3n) is 8.20. The molecule has 1 fully saturated rings. The molecule has 236 valence electrons. The van der Waals surface area contributed by atoms with Crippen molar-refractivity contribution in [3.8, 4) is 0 Å². The number of likely N-dealkylation sites (tertiary alicyclic amines) is 1. The van der Waals surface area contributed by atoms with Gasteiger partial charge in [-0.15, -0.1) is 0 Å². The van der Waals surface area contributed by atoms with Gasteiger partial charge in [-0.05, 0) is 85.9 Å². The Labute approximate surface area is 266 Å². The summed E-state index contributed by atoms with van der Waals surface area (Å²) >= 11 is 0. The first-order valence-corrected chi connectivity index (χ1v) is 17.5. The average Bonchev–Trinajstić information content (AvgIpc) is 3.61. The number of aryl methyl sites for hydroxylation is 1. The first-order valence-electron chi connectivity index (χ1n) is 16.2. The maximum atomic E-state index is 6.38. The van der Waals surface area contributed by atoms with Gasteiger partial charge in [-0.3, -0.25) is 9.67 Å². The molecule has 0 amide bonds. The summed E-state index contributed by atoms with van der Waals surface area (Å²) in [6, 6.07) is 12.8. The molecule has 1 unspecified atom stereocenters. The lowest BCUT2D eigenvalue weighted by Crippen LogP contribution is -2.34. The largest absolute Gasteiger partial charge is 0.325 e. The van der Waals surface area contributed by atoms with Crippen LogP contribution in [0.15, 0.2) is 64.6 Å². The fraction of sp³-hybridized carbons (Fsp3) is 0.472. The normalized spacial score (nSPS) is 16.5. The molecular weight excluding hydrogens is 561 g/mol. The minimum absolute atomic E-state index is 0.269. The fourth-order valence-electron chi connectivity index (χ4n) is 5.98. The zero-order valence-corrected chi connectivity index (χ0v) is 28.5. The van der Waals surface area contributed by atoms with Crippen LogP contribution in [0.5, 0.6) is 0 Å². The van der Waals surface area contributed by atoms with E-state index in [-0.39, 0.29) is 5.41 Å². The van der Waals surface area contributed by atoms with Gasteiger partial charge in [0.25, 0.3) is 0 Å².